The first-order chi connectivity index (χ1) is 5.87. The summed E-state index contributed by atoms with van der Waals surface area (Å²) >= 11 is 0. The summed E-state index contributed by atoms with van der Waals surface area (Å²) in [6.45, 7) is 6.16. The van der Waals surface area contributed by atoms with E-state index >= 15 is 0 Å². The number of aliphatic hydroxyl groups excluding tert-OH is 1. The fourth-order valence-electron chi connectivity index (χ4n) is 3.47. The van der Waals surface area contributed by atoms with Crippen LogP contribution in [-0.4, -0.2) is 17.0 Å². The SMILES string of the molecule is CC1(C)C[C@@]2(C)CCC(O)[C@H]2C1=O. The quantitative estimate of drug-likeness (QED) is 0.620. The number of hydrogen-bond donors (Lipinski definition) is 1. The van der Waals surface area contributed by atoms with Gasteiger partial charge in [-0.2, -0.15) is 0 Å². The molecule has 2 fully saturated rings. The molecule has 0 aromatic heterocycles. The summed E-state index contributed by atoms with van der Waals surface area (Å²) in [4.78, 5) is 12.0. The Labute approximate surface area is 79.3 Å². The second kappa shape index (κ2) is 2.35. The molecule has 3 atom stereocenters. The molecule has 0 amide bonds. The predicted octanol–water partition coefficient (Wildman–Crippen LogP) is 1.76. The Morgan fingerprint density at radius 2 is 2.00 bits per heavy atom. The van der Waals surface area contributed by atoms with E-state index < -0.39 is 0 Å². The number of fused-ring (bicyclic) bond motifs is 1. The van der Waals surface area contributed by atoms with Crippen molar-refractivity contribution in [3.63, 3.8) is 0 Å². The van der Waals surface area contributed by atoms with Crippen LogP contribution in [0.25, 0.3) is 0 Å². The van der Waals surface area contributed by atoms with Crippen molar-refractivity contribution in [3.05, 3.63) is 0 Å². The Balaban J connectivity index is 2.37. The van der Waals surface area contributed by atoms with Crippen molar-refractivity contribution in [2.24, 2.45) is 16.7 Å². The van der Waals surface area contributed by atoms with Gasteiger partial charge in [-0.3, -0.25) is 4.79 Å². The van der Waals surface area contributed by atoms with Gasteiger partial charge < -0.3 is 5.11 Å². The lowest BCUT2D eigenvalue weighted by molar-refractivity contribution is -0.130. The first-order valence-electron chi connectivity index (χ1n) is 5.09. The van der Waals surface area contributed by atoms with Crippen molar-refractivity contribution < 1.29 is 9.90 Å². The number of carbonyl (C=O) groups is 1. The molecule has 2 aliphatic carbocycles. The van der Waals surface area contributed by atoms with Crippen LogP contribution < -0.4 is 0 Å². The molecule has 74 valence electrons. The fourth-order valence-corrected chi connectivity index (χ4v) is 3.47. The molecule has 2 nitrogen and oxygen atoms in total. The van der Waals surface area contributed by atoms with Gasteiger partial charge in [-0.05, 0) is 24.7 Å². The lowest BCUT2D eigenvalue weighted by Gasteiger charge is -2.23. The third-order valence-electron chi connectivity index (χ3n) is 3.94. The van der Waals surface area contributed by atoms with Crippen LogP contribution in [0.5, 0.6) is 0 Å². The van der Waals surface area contributed by atoms with E-state index in [4.69, 9.17) is 0 Å². The number of hydrogen-bond acceptors (Lipinski definition) is 2. The number of Topliss-reactive ketones (excluding diaryl/α,β-unsaturated/α-hetero) is 1. The number of rotatable bonds is 0. The minimum Gasteiger partial charge on any atom is -0.392 e. The predicted molar refractivity (Wildman–Crippen MR) is 50.2 cm³/mol. The van der Waals surface area contributed by atoms with Gasteiger partial charge in [-0.15, -0.1) is 0 Å². The Hall–Kier alpha value is -0.370. The zero-order valence-electron chi connectivity index (χ0n) is 8.63. The Bertz CT molecular complexity index is 257. The highest BCUT2D eigenvalue weighted by Crippen LogP contribution is 2.58. The molecule has 0 saturated heterocycles. The third kappa shape index (κ3) is 1.08. The average Bonchev–Trinajstić information content (AvgIpc) is 2.33. The Morgan fingerprint density at radius 3 is 2.54 bits per heavy atom. The molecule has 1 N–H and O–H groups in total. The molecule has 2 rings (SSSR count). The van der Waals surface area contributed by atoms with Gasteiger partial charge in [0.1, 0.15) is 5.78 Å². The summed E-state index contributed by atoms with van der Waals surface area (Å²) in [6, 6.07) is 0. The van der Waals surface area contributed by atoms with Gasteiger partial charge in [0.2, 0.25) is 0 Å². The standard InChI is InChI=1S/C11H18O2/c1-10(2)6-11(3)5-4-7(12)8(11)9(10)13/h7-8,12H,4-6H2,1-3H3/t7?,8-,11+/m0/s1. The summed E-state index contributed by atoms with van der Waals surface area (Å²) in [7, 11) is 0. The van der Waals surface area contributed by atoms with Crippen LogP contribution in [0.1, 0.15) is 40.0 Å². The number of aliphatic hydroxyl groups is 1. The maximum Gasteiger partial charge on any atom is 0.144 e. The number of carbonyl (C=O) groups excluding carboxylic acids is 1. The first-order valence-corrected chi connectivity index (χ1v) is 5.09. The summed E-state index contributed by atoms with van der Waals surface area (Å²) in [5.41, 5.74) is -0.124. The van der Waals surface area contributed by atoms with Crippen LogP contribution in [0.2, 0.25) is 0 Å². The molecule has 2 saturated carbocycles. The molecule has 0 radical (unpaired) electrons. The summed E-state index contributed by atoms with van der Waals surface area (Å²) < 4.78 is 0. The van der Waals surface area contributed by atoms with E-state index in [2.05, 4.69) is 6.92 Å². The van der Waals surface area contributed by atoms with Crippen LogP contribution in [-0.2, 0) is 4.79 Å². The normalized spacial score (nSPS) is 48.2. The molecule has 2 aliphatic rings. The largest absolute Gasteiger partial charge is 0.392 e. The highest BCUT2D eigenvalue weighted by molar-refractivity contribution is 5.90. The first kappa shape index (κ1) is 9.20. The van der Waals surface area contributed by atoms with Gasteiger partial charge in [0.25, 0.3) is 0 Å². The molecular weight excluding hydrogens is 164 g/mol. The lowest BCUT2D eigenvalue weighted by atomic mass is 9.80. The van der Waals surface area contributed by atoms with E-state index in [1.165, 1.54) is 0 Å². The Kier molecular flexibility index (Phi) is 1.66. The van der Waals surface area contributed by atoms with Crippen molar-refractivity contribution in [2.75, 3.05) is 0 Å². The van der Waals surface area contributed by atoms with Crippen molar-refractivity contribution in [2.45, 2.75) is 46.1 Å². The summed E-state index contributed by atoms with van der Waals surface area (Å²) in [6.07, 6.45) is 2.39. The molecular formula is C11H18O2. The molecule has 0 aromatic carbocycles. The van der Waals surface area contributed by atoms with E-state index in [9.17, 15) is 9.90 Å². The van der Waals surface area contributed by atoms with Gasteiger partial charge in [0.15, 0.2) is 0 Å². The van der Waals surface area contributed by atoms with Crippen LogP contribution in [0.3, 0.4) is 0 Å². The molecule has 0 heterocycles. The zero-order chi connectivity index (χ0) is 9.85. The lowest BCUT2D eigenvalue weighted by Crippen LogP contribution is -2.30. The molecule has 13 heavy (non-hydrogen) atoms. The minimum atomic E-state index is -0.376. The Morgan fingerprint density at radius 1 is 1.38 bits per heavy atom. The average molecular weight is 182 g/mol. The minimum absolute atomic E-state index is 0.0810. The molecule has 0 aromatic rings. The van der Waals surface area contributed by atoms with Gasteiger partial charge in [0, 0.05) is 11.3 Å². The maximum atomic E-state index is 12.0. The second-order valence-corrected chi connectivity index (χ2v) is 5.66. The van der Waals surface area contributed by atoms with Gasteiger partial charge in [-0.25, -0.2) is 0 Å². The summed E-state index contributed by atoms with van der Waals surface area (Å²) in [5, 5.41) is 9.75. The molecule has 0 spiro atoms. The van der Waals surface area contributed by atoms with E-state index in [1.54, 1.807) is 0 Å². The second-order valence-electron chi connectivity index (χ2n) is 5.66. The maximum absolute atomic E-state index is 12.0. The van der Waals surface area contributed by atoms with Gasteiger partial charge in [0.05, 0.1) is 6.10 Å². The van der Waals surface area contributed by atoms with E-state index in [-0.39, 0.29) is 28.6 Å². The fraction of sp³-hybridized carbons (Fsp3) is 0.909. The van der Waals surface area contributed by atoms with Crippen LogP contribution in [0, 0.1) is 16.7 Å². The molecule has 0 aliphatic heterocycles. The third-order valence-corrected chi connectivity index (χ3v) is 3.94. The van der Waals surface area contributed by atoms with Crippen LogP contribution in [0.4, 0.5) is 0 Å². The molecule has 0 bridgehead atoms. The topological polar surface area (TPSA) is 37.3 Å². The molecule has 1 unspecified atom stereocenters. The summed E-state index contributed by atoms with van der Waals surface area (Å²) in [5.74, 6) is 0.197. The number of ketones is 1. The van der Waals surface area contributed by atoms with Crippen molar-refractivity contribution >= 4 is 5.78 Å². The van der Waals surface area contributed by atoms with E-state index in [0.717, 1.165) is 19.3 Å². The van der Waals surface area contributed by atoms with Crippen molar-refractivity contribution in [3.8, 4) is 0 Å². The van der Waals surface area contributed by atoms with Crippen LogP contribution >= 0.6 is 0 Å². The zero-order valence-corrected chi connectivity index (χ0v) is 8.63. The molecule has 2 heteroatoms. The van der Waals surface area contributed by atoms with Crippen LogP contribution in [0.15, 0.2) is 0 Å². The smallest absolute Gasteiger partial charge is 0.144 e. The van der Waals surface area contributed by atoms with E-state index in [1.807, 2.05) is 13.8 Å². The van der Waals surface area contributed by atoms with E-state index in [0.29, 0.717) is 0 Å². The monoisotopic (exact) mass is 182 g/mol. The van der Waals surface area contributed by atoms with Crippen molar-refractivity contribution in [1.82, 2.24) is 0 Å². The van der Waals surface area contributed by atoms with Gasteiger partial charge >= 0.3 is 0 Å². The van der Waals surface area contributed by atoms with Crippen molar-refractivity contribution in [1.29, 1.82) is 0 Å². The highest BCUT2D eigenvalue weighted by Gasteiger charge is 2.59. The highest BCUT2D eigenvalue weighted by atomic mass is 16.3. The van der Waals surface area contributed by atoms with Gasteiger partial charge in [-0.1, -0.05) is 20.8 Å².